The lowest BCUT2D eigenvalue weighted by molar-refractivity contribution is 0.321. The van der Waals surface area contributed by atoms with Gasteiger partial charge in [0.25, 0.3) is 10.2 Å². The second-order valence-electron chi connectivity index (χ2n) is 5.30. The molecule has 1 atom stereocenters. The van der Waals surface area contributed by atoms with E-state index in [0.29, 0.717) is 19.5 Å². The molecule has 1 saturated carbocycles. The molecule has 0 aromatic rings. The first-order valence-electron chi connectivity index (χ1n) is 6.70. The van der Waals surface area contributed by atoms with Crippen molar-refractivity contribution in [2.24, 2.45) is 5.73 Å². The Morgan fingerprint density at radius 3 is 2.72 bits per heavy atom. The van der Waals surface area contributed by atoms with Crippen LogP contribution in [0.25, 0.3) is 0 Å². The Morgan fingerprint density at radius 1 is 1.39 bits per heavy atom. The third-order valence-electron chi connectivity index (χ3n) is 3.69. The topological polar surface area (TPSA) is 78.7 Å². The Labute approximate surface area is 110 Å². The van der Waals surface area contributed by atoms with Crippen LogP contribution < -0.4 is 10.5 Å². The summed E-state index contributed by atoms with van der Waals surface area (Å²) in [5.74, 6) is 0. The summed E-state index contributed by atoms with van der Waals surface area (Å²) in [7, 11) is -1.74. The number of nitrogens with one attached hydrogen (secondary N) is 1. The minimum atomic E-state index is -3.34. The first-order valence-corrected chi connectivity index (χ1v) is 8.14. The van der Waals surface area contributed by atoms with Gasteiger partial charge in [-0.25, -0.2) is 0 Å². The molecule has 0 spiro atoms. The van der Waals surface area contributed by atoms with E-state index >= 15 is 0 Å². The second kappa shape index (κ2) is 5.83. The van der Waals surface area contributed by atoms with Gasteiger partial charge in [-0.15, -0.1) is 0 Å². The van der Waals surface area contributed by atoms with Crippen LogP contribution in [0.2, 0.25) is 0 Å². The van der Waals surface area contributed by atoms with Crippen molar-refractivity contribution in [1.29, 1.82) is 0 Å². The highest BCUT2D eigenvalue weighted by atomic mass is 32.2. The fourth-order valence-corrected chi connectivity index (χ4v) is 3.55. The minimum absolute atomic E-state index is 0.0657. The van der Waals surface area contributed by atoms with Crippen molar-refractivity contribution in [2.45, 2.75) is 37.8 Å². The normalized spacial score (nSPS) is 26.1. The summed E-state index contributed by atoms with van der Waals surface area (Å²) in [5, 5.41) is 0. The van der Waals surface area contributed by atoms with Crippen molar-refractivity contribution in [3.05, 3.63) is 0 Å². The molecule has 1 heterocycles. The molecule has 1 aliphatic carbocycles. The van der Waals surface area contributed by atoms with Crippen LogP contribution in [-0.2, 0) is 10.2 Å². The monoisotopic (exact) mass is 276 g/mol. The van der Waals surface area contributed by atoms with Gasteiger partial charge >= 0.3 is 0 Å². The number of hydrogen-bond donors (Lipinski definition) is 2. The van der Waals surface area contributed by atoms with Gasteiger partial charge in [-0.05, 0) is 32.2 Å². The smallest absolute Gasteiger partial charge is 0.279 e. The summed E-state index contributed by atoms with van der Waals surface area (Å²) in [6, 6.07) is 0.783. The van der Waals surface area contributed by atoms with Crippen LogP contribution >= 0.6 is 0 Å². The van der Waals surface area contributed by atoms with Gasteiger partial charge in [0.2, 0.25) is 0 Å². The van der Waals surface area contributed by atoms with Crippen LogP contribution in [0.15, 0.2) is 0 Å². The first-order chi connectivity index (χ1) is 8.53. The zero-order valence-electron chi connectivity index (χ0n) is 11.0. The molecule has 0 bridgehead atoms. The summed E-state index contributed by atoms with van der Waals surface area (Å²) >= 11 is 0. The number of likely N-dealkylation sites (tertiary alicyclic amines) is 1. The fraction of sp³-hybridized carbons (Fsp3) is 1.00. The van der Waals surface area contributed by atoms with Crippen LogP contribution in [0.5, 0.6) is 0 Å². The Bertz CT molecular complexity index is 369. The lowest BCUT2D eigenvalue weighted by atomic mass is 10.3. The molecule has 1 saturated heterocycles. The molecule has 0 aromatic heterocycles. The average Bonchev–Trinajstić information content (AvgIpc) is 3.07. The van der Waals surface area contributed by atoms with Gasteiger partial charge < -0.3 is 5.73 Å². The van der Waals surface area contributed by atoms with E-state index in [4.69, 9.17) is 5.73 Å². The van der Waals surface area contributed by atoms with Gasteiger partial charge in [-0.1, -0.05) is 0 Å². The Hall–Kier alpha value is -0.210. The van der Waals surface area contributed by atoms with E-state index in [-0.39, 0.29) is 6.04 Å². The molecule has 7 heteroatoms. The van der Waals surface area contributed by atoms with Gasteiger partial charge in [0.15, 0.2) is 0 Å². The average molecular weight is 276 g/mol. The second-order valence-corrected chi connectivity index (χ2v) is 7.11. The van der Waals surface area contributed by atoms with Crippen molar-refractivity contribution >= 4 is 10.2 Å². The molecule has 1 unspecified atom stereocenters. The molecule has 2 aliphatic rings. The first kappa shape index (κ1) is 14.2. The molecular weight excluding hydrogens is 252 g/mol. The van der Waals surface area contributed by atoms with Crippen LogP contribution in [0.1, 0.15) is 25.7 Å². The van der Waals surface area contributed by atoms with E-state index in [9.17, 15) is 8.42 Å². The minimum Gasteiger partial charge on any atom is -0.330 e. The lowest BCUT2D eigenvalue weighted by Crippen LogP contribution is -2.45. The predicted octanol–water partition coefficient (Wildman–Crippen LogP) is -0.662. The molecule has 1 aliphatic heterocycles. The number of nitrogens with two attached hydrogens (primary N) is 1. The van der Waals surface area contributed by atoms with Crippen molar-refractivity contribution < 1.29 is 8.42 Å². The quantitative estimate of drug-likeness (QED) is 0.647. The van der Waals surface area contributed by atoms with E-state index in [1.165, 1.54) is 17.1 Å². The standard InChI is InChI=1S/C11H24N4O2S/c1-14(7-2-6-12)18(16,17)13-10-5-8-15(9-10)11-3-4-11/h10-11,13H,2-9,12H2,1H3. The highest BCUT2D eigenvalue weighted by Gasteiger charge is 2.36. The van der Waals surface area contributed by atoms with E-state index in [0.717, 1.165) is 25.6 Å². The Morgan fingerprint density at radius 2 is 2.11 bits per heavy atom. The van der Waals surface area contributed by atoms with Gasteiger partial charge in [-0.3, -0.25) is 4.90 Å². The van der Waals surface area contributed by atoms with Crippen molar-refractivity contribution in [2.75, 3.05) is 33.2 Å². The van der Waals surface area contributed by atoms with Crippen LogP contribution in [0, 0.1) is 0 Å². The maximum Gasteiger partial charge on any atom is 0.279 e. The molecule has 18 heavy (non-hydrogen) atoms. The molecule has 2 fully saturated rings. The number of rotatable bonds is 7. The van der Waals surface area contributed by atoms with E-state index in [1.54, 1.807) is 7.05 Å². The Balaban J connectivity index is 1.80. The molecule has 0 aromatic carbocycles. The maximum atomic E-state index is 12.0. The predicted molar refractivity (Wildman–Crippen MR) is 71.4 cm³/mol. The molecule has 3 N–H and O–H groups in total. The van der Waals surface area contributed by atoms with E-state index in [2.05, 4.69) is 9.62 Å². The van der Waals surface area contributed by atoms with Gasteiger partial charge in [0.1, 0.15) is 0 Å². The largest absolute Gasteiger partial charge is 0.330 e. The third kappa shape index (κ3) is 3.64. The zero-order valence-corrected chi connectivity index (χ0v) is 11.8. The summed E-state index contributed by atoms with van der Waals surface area (Å²) in [6.07, 6.45) is 4.16. The SMILES string of the molecule is CN(CCCN)S(=O)(=O)NC1CCN(C2CC2)C1. The zero-order chi connectivity index (χ0) is 13.2. The lowest BCUT2D eigenvalue weighted by Gasteiger charge is -2.21. The van der Waals surface area contributed by atoms with Crippen molar-refractivity contribution in [1.82, 2.24) is 13.9 Å². The highest BCUT2D eigenvalue weighted by molar-refractivity contribution is 7.87. The van der Waals surface area contributed by atoms with Gasteiger partial charge in [0, 0.05) is 38.8 Å². The molecule has 6 nitrogen and oxygen atoms in total. The van der Waals surface area contributed by atoms with Crippen molar-refractivity contribution in [3.8, 4) is 0 Å². The van der Waals surface area contributed by atoms with E-state index < -0.39 is 10.2 Å². The highest BCUT2D eigenvalue weighted by Crippen LogP contribution is 2.29. The van der Waals surface area contributed by atoms with Crippen LogP contribution in [0.4, 0.5) is 0 Å². The third-order valence-corrected chi connectivity index (χ3v) is 5.32. The number of hydrogen-bond acceptors (Lipinski definition) is 4. The maximum absolute atomic E-state index is 12.0. The van der Waals surface area contributed by atoms with Crippen LogP contribution in [0.3, 0.4) is 0 Å². The van der Waals surface area contributed by atoms with Gasteiger partial charge in [0.05, 0.1) is 0 Å². The summed E-state index contributed by atoms with van der Waals surface area (Å²) in [6.45, 7) is 2.86. The van der Waals surface area contributed by atoms with Gasteiger partial charge in [-0.2, -0.15) is 17.4 Å². The molecule has 106 valence electrons. The summed E-state index contributed by atoms with van der Waals surface area (Å²) in [4.78, 5) is 2.40. The van der Waals surface area contributed by atoms with Crippen molar-refractivity contribution in [3.63, 3.8) is 0 Å². The molecule has 0 amide bonds. The van der Waals surface area contributed by atoms with E-state index in [1.807, 2.05) is 0 Å². The molecular formula is C11H24N4O2S. The molecule has 2 rings (SSSR count). The number of nitrogens with zero attached hydrogens (tertiary/aromatic N) is 2. The fourth-order valence-electron chi connectivity index (χ4n) is 2.39. The Kier molecular flexibility index (Phi) is 4.60. The molecule has 0 radical (unpaired) electrons. The summed E-state index contributed by atoms with van der Waals surface area (Å²) in [5.41, 5.74) is 5.39. The summed E-state index contributed by atoms with van der Waals surface area (Å²) < 4.78 is 28.2. The van der Waals surface area contributed by atoms with Crippen LogP contribution in [-0.4, -0.2) is 62.9 Å².